The Hall–Kier alpha value is -1.27. The lowest BCUT2D eigenvalue weighted by Gasteiger charge is -2.16. The fourth-order valence-electron chi connectivity index (χ4n) is 2.05. The topological polar surface area (TPSA) is 38.7 Å². The number of aliphatic hydroxyl groups is 1. The first-order chi connectivity index (χ1) is 9.56. The Morgan fingerprint density at radius 1 is 1.05 bits per heavy atom. The van der Waals surface area contributed by atoms with E-state index in [4.69, 9.17) is 9.47 Å². The number of halogens is 1. The van der Waals surface area contributed by atoms with Crippen LogP contribution in [0.1, 0.15) is 22.8 Å². The molecule has 1 N–H and O–H groups in total. The van der Waals surface area contributed by atoms with Gasteiger partial charge in [-0.2, -0.15) is 0 Å². The summed E-state index contributed by atoms with van der Waals surface area (Å²) >= 11 is 2.26. The number of rotatable bonds is 4. The first-order valence-electron chi connectivity index (χ1n) is 6.23. The Morgan fingerprint density at radius 3 is 2.20 bits per heavy atom. The van der Waals surface area contributed by atoms with E-state index in [-0.39, 0.29) is 0 Å². The maximum absolute atomic E-state index is 10.6. The molecule has 0 aliphatic rings. The van der Waals surface area contributed by atoms with E-state index in [1.54, 1.807) is 20.3 Å². The summed E-state index contributed by atoms with van der Waals surface area (Å²) in [6, 6.07) is 11.4. The zero-order valence-electron chi connectivity index (χ0n) is 11.7. The Balaban J connectivity index is 2.47. The molecule has 20 heavy (non-hydrogen) atoms. The molecule has 0 radical (unpaired) electrons. The lowest BCUT2D eigenvalue weighted by molar-refractivity contribution is 0.218. The highest BCUT2D eigenvalue weighted by molar-refractivity contribution is 14.1. The van der Waals surface area contributed by atoms with Gasteiger partial charge in [-0.25, -0.2) is 0 Å². The molecule has 0 aliphatic carbocycles. The van der Waals surface area contributed by atoms with Crippen molar-refractivity contribution in [3.8, 4) is 11.5 Å². The van der Waals surface area contributed by atoms with Gasteiger partial charge in [0.2, 0.25) is 0 Å². The van der Waals surface area contributed by atoms with Crippen LogP contribution in [0.15, 0.2) is 36.4 Å². The van der Waals surface area contributed by atoms with Gasteiger partial charge in [-0.3, -0.25) is 0 Å². The minimum atomic E-state index is -0.703. The van der Waals surface area contributed by atoms with Gasteiger partial charge < -0.3 is 14.6 Å². The Kier molecular flexibility index (Phi) is 4.88. The molecule has 0 spiro atoms. The van der Waals surface area contributed by atoms with Crippen molar-refractivity contribution >= 4 is 22.6 Å². The molecule has 4 heteroatoms. The first kappa shape index (κ1) is 15.1. The summed E-state index contributed by atoms with van der Waals surface area (Å²) < 4.78 is 11.6. The van der Waals surface area contributed by atoms with Gasteiger partial charge in [-0.05, 0) is 58.3 Å². The summed E-state index contributed by atoms with van der Waals surface area (Å²) in [6.45, 7) is 2.03. The van der Waals surface area contributed by atoms with Gasteiger partial charge in [-0.15, -0.1) is 0 Å². The molecule has 0 saturated carbocycles. The number of hydrogen-bond acceptors (Lipinski definition) is 3. The largest absolute Gasteiger partial charge is 0.497 e. The summed E-state index contributed by atoms with van der Waals surface area (Å²) in [5.41, 5.74) is 2.79. The SMILES string of the molecule is COc1cc(OC)cc(C(O)c2cccc(C)c2I)c1. The van der Waals surface area contributed by atoms with Gasteiger partial charge >= 0.3 is 0 Å². The Bertz CT molecular complexity index is 588. The maximum Gasteiger partial charge on any atom is 0.122 e. The number of hydrogen-bond donors (Lipinski definition) is 1. The van der Waals surface area contributed by atoms with Gasteiger partial charge in [-0.1, -0.05) is 18.2 Å². The molecule has 2 aromatic carbocycles. The van der Waals surface area contributed by atoms with Crippen molar-refractivity contribution in [1.82, 2.24) is 0 Å². The predicted octanol–water partition coefficient (Wildman–Crippen LogP) is 3.70. The quantitative estimate of drug-likeness (QED) is 0.818. The molecular weight excluding hydrogens is 367 g/mol. The summed E-state index contributed by atoms with van der Waals surface area (Å²) in [5.74, 6) is 1.34. The van der Waals surface area contributed by atoms with Crippen molar-refractivity contribution in [1.29, 1.82) is 0 Å². The third-order valence-corrected chi connectivity index (χ3v) is 4.68. The zero-order valence-corrected chi connectivity index (χ0v) is 13.8. The average molecular weight is 384 g/mol. The highest BCUT2D eigenvalue weighted by Gasteiger charge is 2.16. The fourth-order valence-corrected chi connectivity index (χ4v) is 2.70. The first-order valence-corrected chi connectivity index (χ1v) is 7.30. The molecule has 1 atom stereocenters. The summed E-state index contributed by atoms with van der Waals surface area (Å²) in [4.78, 5) is 0. The van der Waals surface area contributed by atoms with Crippen molar-refractivity contribution in [2.24, 2.45) is 0 Å². The normalized spacial score (nSPS) is 12.1. The molecule has 0 fully saturated rings. The van der Waals surface area contributed by atoms with Gasteiger partial charge in [0.1, 0.15) is 17.6 Å². The minimum absolute atomic E-state index is 0.668. The minimum Gasteiger partial charge on any atom is -0.497 e. The van der Waals surface area contributed by atoms with E-state index in [0.717, 1.165) is 20.3 Å². The van der Waals surface area contributed by atoms with Crippen molar-refractivity contribution in [2.75, 3.05) is 14.2 Å². The van der Waals surface area contributed by atoms with E-state index in [1.165, 1.54) is 0 Å². The number of benzene rings is 2. The molecule has 3 nitrogen and oxygen atoms in total. The van der Waals surface area contributed by atoms with Crippen LogP contribution in [0.2, 0.25) is 0 Å². The van der Waals surface area contributed by atoms with Crippen LogP contribution in [-0.2, 0) is 0 Å². The van der Waals surface area contributed by atoms with Crippen molar-refractivity contribution in [3.63, 3.8) is 0 Å². The van der Waals surface area contributed by atoms with Crippen LogP contribution in [0.25, 0.3) is 0 Å². The van der Waals surface area contributed by atoms with Crippen molar-refractivity contribution in [3.05, 3.63) is 56.7 Å². The molecular formula is C16H17IO3. The average Bonchev–Trinajstić information content (AvgIpc) is 2.48. The molecule has 0 amide bonds. The number of aliphatic hydroxyl groups excluding tert-OH is 1. The number of aryl methyl sites for hydroxylation is 1. The molecule has 0 heterocycles. The number of ether oxygens (including phenoxy) is 2. The second kappa shape index (κ2) is 6.45. The summed E-state index contributed by atoms with van der Waals surface area (Å²) in [7, 11) is 3.20. The zero-order chi connectivity index (χ0) is 14.7. The monoisotopic (exact) mass is 384 g/mol. The third kappa shape index (κ3) is 3.07. The lowest BCUT2D eigenvalue weighted by atomic mass is 9.99. The molecule has 0 saturated heterocycles. The third-order valence-electron chi connectivity index (χ3n) is 3.21. The van der Waals surface area contributed by atoms with Gasteiger partial charge in [0.05, 0.1) is 14.2 Å². The van der Waals surface area contributed by atoms with Crippen molar-refractivity contribution < 1.29 is 14.6 Å². The lowest BCUT2D eigenvalue weighted by Crippen LogP contribution is -2.04. The fraction of sp³-hybridized carbons (Fsp3) is 0.250. The highest BCUT2D eigenvalue weighted by atomic mass is 127. The maximum atomic E-state index is 10.6. The second-order valence-electron chi connectivity index (χ2n) is 4.53. The van der Waals surface area contributed by atoms with Gasteiger partial charge in [0, 0.05) is 9.64 Å². The summed E-state index contributed by atoms with van der Waals surface area (Å²) in [6.07, 6.45) is -0.703. The molecule has 106 valence electrons. The highest BCUT2D eigenvalue weighted by Crippen LogP contribution is 2.32. The Morgan fingerprint density at radius 2 is 1.65 bits per heavy atom. The van der Waals surface area contributed by atoms with Crippen LogP contribution >= 0.6 is 22.6 Å². The van der Waals surface area contributed by atoms with E-state index in [9.17, 15) is 5.11 Å². The molecule has 1 unspecified atom stereocenters. The predicted molar refractivity (Wildman–Crippen MR) is 87.5 cm³/mol. The van der Waals surface area contributed by atoms with E-state index in [1.807, 2.05) is 37.3 Å². The van der Waals surface area contributed by atoms with E-state index in [2.05, 4.69) is 22.6 Å². The van der Waals surface area contributed by atoms with Crippen LogP contribution in [0, 0.1) is 10.5 Å². The molecule has 2 aromatic rings. The second-order valence-corrected chi connectivity index (χ2v) is 5.61. The van der Waals surface area contributed by atoms with Crippen LogP contribution in [0.4, 0.5) is 0 Å². The van der Waals surface area contributed by atoms with Crippen LogP contribution in [-0.4, -0.2) is 19.3 Å². The van der Waals surface area contributed by atoms with Crippen LogP contribution in [0.3, 0.4) is 0 Å². The number of methoxy groups -OCH3 is 2. The van der Waals surface area contributed by atoms with Gasteiger partial charge in [0.25, 0.3) is 0 Å². The molecule has 0 aliphatic heterocycles. The van der Waals surface area contributed by atoms with E-state index >= 15 is 0 Å². The Labute approximate surface area is 132 Å². The molecule has 0 aromatic heterocycles. The smallest absolute Gasteiger partial charge is 0.122 e. The van der Waals surface area contributed by atoms with Crippen LogP contribution in [0.5, 0.6) is 11.5 Å². The molecule has 2 rings (SSSR count). The van der Waals surface area contributed by atoms with Gasteiger partial charge in [0.15, 0.2) is 0 Å². The van der Waals surface area contributed by atoms with Crippen LogP contribution < -0.4 is 9.47 Å². The van der Waals surface area contributed by atoms with Crippen molar-refractivity contribution in [2.45, 2.75) is 13.0 Å². The van der Waals surface area contributed by atoms with E-state index in [0.29, 0.717) is 11.5 Å². The standard InChI is InChI=1S/C16H17IO3/c1-10-5-4-6-14(15(10)17)16(18)11-7-12(19-2)9-13(8-11)20-3/h4-9,16,18H,1-3H3. The molecule has 0 bridgehead atoms. The summed E-state index contributed by atoms with van der Waals surface area (Å²) in [5, 5.41) is 10.6. The van der Waals surface area contributed by atoms with E-state index < -0.39 is 6.10 Å².